The summed E-state index contributed by atoms with van der Waals surface area (Å²) in [5.74, 6) is 1.97. The first-order valence-electron chi connectivity index (χ1n) is 15.0. The van der Waals surface area contributed by atoms with E-state index in [1.165, 1.54) is 88.8 Å². The summed E-state index contributed by atoms with van der Waals surface area (Å²) in [5, 5.41) is 0. The molecular weight excluding hydrogens is 479 g/mol. The van der Waals surface area contributed by atoms with Gasteiger partial charge in [0.1, 0.15) is 11.5 Å². The zero-order valence-electron chi connectivity index (χ0n) is 23.5. The van der Waals surface area contributed by atoms with Crippen molar-refractivity contribution in [2.45, 2.75) is 104 Å². The van der Waals surface area contributed by atoms with Crippen LogP contribution in [0.3, 0.4) is 0 Å². The van der Waals surface area contributed by atoms with E-state index < -0.39 is 11.8 Å². The lowest BCUT2D eigenvalue weighted by Gasteiger charge is -2.28. The van der Waals surface area contributed by atoms with Gasteiger partial charge in [-0.2, -0.15) is 0 Å². The topological polar surface area (TPSA) is 44.8 Å². The van der Waals surface area contributed by atoms with Gasteiger partial charge in [0.05, 0.1) is 18.8 Å². The van der Waals surface area contributed by atoms with Crippen LogP contribution in [0, 0.1) is 17.7 Å². The number of ether oxygens (including phenoxy) is 3. The Morgan fingerprint density at radius 2 is 1.37 bits per heavy atom. The Labute approximate surface area is 229 Å². The van der Waals surface area contributed by atoms with Crippen molar-refractivity contribution < 1.29 is 23.4 Å². The maximum atomic E-state index is 14.4. The number of hydrogen-bond acceptors (Lipinski definition) is 4. The van der Waals surface area contributed by atoms with Crippen LogP contribution in [-0.2, 0) is 0 Å². The van der Waals surface area contributed by atoms with Gasteiger partial charge in [-0.25, -0.2) is 9.18 Å². The molecule has 0 bridgehead atoms. The lowest BCUT2D eigenvalue weighted by molar-refractivity contribution is 0.0734. The molecule has 0 N–H and O–H groups in total. The maximum Gasteiger partial charge on any atom is 0.343 e. The van der Waals surface area contributed by atoms with Crippen LogP contribution in [0.1, 0.15) is 114 Å². The summed E-state index contributed by atoms with van der Waals surface area (Å²) < 4.78 is 31.3. The van der Waals surface area contributed by atoms with Gasteiger partial charge in [-0.1, -0.05) is 84.5 Å². The molecule has 0 atom stereocenters. The molecule has 1 fully saturated rings. The number of benzene rings is 2. The predicted molar refractivity (Wildman–Crippen MR) is 152 cm³/mol. The fourth-order valence-electron chi connectivity index (χ4n) is 5.36. The standard InChI is InChI=1S/C33H47FO4/c1-3-5-6-7-8-9-23-37-32-22-17-28(25-31(32)34)33(35)38-30-20-18-29(19-21-30)36-24-10-12-27-15-13-26(11-4-2)14-16-27/h17-22,25-27H,3-16,23-24H2,1-2H3/t26-,27-. The maximum absolute atomic E-state index is 14.4. The fraction of sp³-hybridized carbons (Fsp3) is 0.606. The van der Waals surface area contributed by atoms with Crippen molar-refractivity contribution in [1.29, 1.82) is 0 Å². The van der Waals surface area contributed by atoms with Gasteiger partial charge in [0.2, 0.25) is 0 Å². The Kier molecular flexibility index (Phi) is 13.5. The van der Waals surface area contributed by atoms with Crippen molar-refractivity contribution in [3.63, 3.8) is 0 Å². The summed E-state index contributed by atoms with van der Waals surface area (Å²) in [7, 11) is 0. The predicted octanol–water partition coefficient (Wildman–Crippen LogP) is 9.55. The second kappa shape index (κ2) is 17.1. The van der Waals surface area contributed by atoms with E-state index >= 15 is 0 Å². The Balaban J connectivity index is 1.34. The SMILES string of the molecule is CCCCCCCCOc1ccc(C(=O)Oc2ccc(OCCC[C@H]3CC[C@H](CCC)CC3)cc2)cc1F. The van der Waals surface area contributed by atoms with Gasteiger partial charge in [-0.05, 0) is 73.6 Å². The van der Waals surface area contributed by atoms with Crippen LogP contribution in [0.15, 0.2) is 42.5 Å². The zero-order valence-corrected chi connectivity index (χ0v) is 23.5. The van der Waals surface area contributed by atoms with Gasteiger partial charge >= 0.3 is 5.97 Å². The highest BCUT2D eigenvalue weighted by Crippen LogP contribution is 2.33. The van der Waals surface area contributed by atoms with Crippen molar-refractivity contribution in [3.05, 3.63) is 53.8 Å². The zero-order chi connectivity index (χ0) is 27.0. The van der Waals surface area contributed by atoms with Gasteiger partial charge in [-0.15, -0.1) is 0 Å². The third-order valence-corrected chi connectivity index (χ3v) is 7.65. The van der Waals surface area contributed by atoms with Crippen LogP contribution >= 0.6 is 0 Å². The Morgan fingerprint density at radius 1 is 0.737 bits per heavy atom. The average Bonchev–Trinajstić information content (AvgIpc) is 2.93. The van der Waals surface area contributed by atoms with E-state index in [1.54, 1.807) is 24.3 Å². The molecule has 0 unspecified atom stereocenters. The summed E-state index contributed by atoms with van der Waals surface area (Å²) in [6, 6.07) is 11.2. The number of carbonyl (C=O) groups excluding carboxylic acids is 1. The lowest BCUT2D eigenvalue weighted by atomic mass is 9.78. The molecule has 38 heavy (non-hydrogen) atoms. The molecular formula is C33H47FO4. The number of unbranched alkanes of at least 4 members (excludes halogenated alkanes) is 5. The van der Waals surface area contributed by atoms with Crippen molar-refractivity contribution in [2.75, 3.05) is 13.2 Å². The Morgan fingerprint density at radius 3 is 2.05 bits per heavy atom. The minimum atomic E-state index is -0.603. The van der Waals surface area contributed by atoms with Gasteiger partial charge < -0.3 is 14.2 Å². The monoisotopic (exact) mass is 526 g/mol. The van der Waals surface area contributed by atoms with Crippen LogP contribution in [0.4, 0.5) is 4.39 Å². The van der Waals surface area contributed by atoms with Crippen molar-refractivity contribution in [2.24, 2.45) is 11.8 Å². The van der Waals surface area contributed by atoms with E-state index in [9.17, 15) is 9.18 Å². The van der Waals surface area contributed by atoms with E-state index in [0.717, 1.165) is 36.8 Å². The molecule has 2 aromatic carbocycles. The number of halogens is 1. The highest BCUT2D eigenvalue weighted by atomic mass is 19.1. The Hall–Kier alpha value is -2.56. The molecule has 0 aliphatic heterocycles. The smallest absolute Gasteiger partial charge is 0.343 e. The van der Waals surface area contributed by atoms with Crippen LogP contribution < -0.4 is 14.2 Å². The second-order valence-corrected chi connectivity index (χ2v) is 10.8. The molecule has 1 saturated carbocycles. The van der Waals surface area contributed by atoms with E-state index in [4.69, 9.17) is 14.2 Å². The second-order valence-electron chi connectivity index (χ2n) is 10.8. The van der Waals surface area contributed by atoms with Gasteiger partial charge in [-0.3, -0.25) is 0 Å². The summed E-state index contributed by atoms with van der Waals surface area (Å²) in [6.45, 7) is 5.65. The summed E-state index contributed by atoms with van der Waals surface area (Å²) >= 11 is 0. The molecule has 1 aliphatic carbocycles. The third-order valence-electron chi connectivity index (χ3n) is 7.65. The van der Waals surface area contributed by atoms with Gasteiger partial charge in [0.15, 0.2) is 11.6 Å². The van der Waals surface area contributed by atoms with Crippen LogP contribution in [0.25, 0.3) is 0 Å². The highest BCUT2D eigenvalue weighted by molar-refractivity contribution is 5.91. The molecule has 3 rings (SSSR count). The molecule has 0 spiro atoms. The van der Waals surface area contributed by atoms with Crippen molar-refractivity contribution >= 4 is 5.97 Å². The molecule has 0 amide bonds. The quantitative estimate of drug-likeness (QED) is 0.117. The molecule has 0 heterocycles. The minimum Gasteiger partial charge on any atom is -0.494 e. The number of carbonyl (C=O) groups is 1. The first-order chi connectivity index (χ1) is 18.6. The third kappa shape index (κ3) is 10.7. The fourth-order valence-corrected chi connectivity index (χ4v) is 5.36. The molecule has 5 heteroatoms. The van der Waals surface area contributed by atoms with Crippen molar-refractivity contribution in [3.8, 4) is 17.2 Å². The highest BCUT2D eigenvalue weighted by Gasteiger charge is 2.20. The Bertz CT molecular complexity index is 935. The van der Waals surface area contributed by atoms with Gasteiger partial charge in [0.25, 0.3) is 0 Å². The van der Waals surface area contributed by atoms with Crippen LogP contribution in [0.2, 0.25) is 0 Å². The minimum absolute atomic E-state index is 0.151. The van der Waals surface area contributed by atoms with Crippen LogP contribution in [-0.4, -0.2) is 19.2 Å². The first-order valence-corrected chi connectivity index (χ1v) is 15.0. The van der Waals surface area contributed by atoms with E-state index in [2.05, 4.69) is 13.8 Å². The first kappa shape index (κ1) is 30.0. The van der Waals surface area contributed by atoms with Crippen molar-refractivity contribution in [1.82, 2.24) is 0 Å². The lowest BCUT2D eigenvalue weighted by Crippen LogP contribution is -2.15. The summed E-state index contributed by atoms with van der Waals surface area (Å²) in [5.41, 5.74) is 0.151. The number of hydrogen-bond donors (Lipinski definition) is 0. The number of rotatable bonds is 17. The molecule has 2 aromatic rings. The van der Waals surface area contributed by atoms with Gasteiger partial charge in [0, 0.05) is 0 Å². The number of esters is 1. The molecule has 210 valence electrons. The summed E-state index contributed by atoms with van der Waals surface area (Å²) in [6.07, 6.45) is 17.4. The summed E-state index contributed by atoms with van der Waals surface area (Å²) in [4.78, 5) is 12.5. The van der Waals surface area contributed by atoms with E-state index in [-0.39, 0.29) is 11.3 Å². The molecule has 0 aromatic heterocycles. The average molecular weight is 527 g/mol. The largest absolute Gasteiger partial charge is 0.494 e. The van der Waals surface area contributed by atoms with Crippen LogP contribution in [0.5, 0.6) is 17.2 Å². The van der Waals surface area contributed by atoms with E-state index in [0.29, 0.717) is 19.0 Å². The normalized spacial score (nSPS) is 17.2. The molecule has 1 aliphatic rings. The molecule has 0 saturated heterocycles. The molecule has 4 nitrogen and oxygen atoms in total. The van der Waals surface area contributed by atoms with E-state index in [1.807, 2.05) is 0 Å². The molecule has 0 radical (unpaired) electrons.